The highest BCUT2D eigenvalue weighted by Crippen LogP contribution is 2.41. The van der Waals surface area contributed by atoms with E-state index in [1.165, 1.54) is 43.9 Å². The molecule has 0 saturated carbocycles. The first-order valence-corrected chi connectivity index (χ1v) is 15.0. The summed E-state index contributed by atoms with van der Waals surface area (Å²) in [7, 11) is -4.23. The van der Waals surface area contributed by atoms with Crippen molar-refractivity contribution in [2.45, 2.75) is 101 Å². The monoisotopic (exact) mass is 557 g/mol. The van der Waals surface area contributed by atoms with Gasteiger partial charge in [0.1, 0.15) is 23.3 Å². The molecule has 1 unspecified atom stereocenters. The summed E-state index contributed by atoms with van der Waals surface area (Å²) in [4.78, 5) is 12.1. The second kappa shape index (κ2) is 13.8. The van der Waals surface area contributed by atoms with Gasteiger partial charge in [0.2, 0.25) is 10.0 Å². The fourth-order valence-electron chi connectivity index (χ4n) is 5.14. The third kappa shape index (κ3) is 7.75. The lowest BCUT2D eigenvalue weighted by molar-refractivity contribution is -0.153. The highest BCUT2D eigenvalue weighted by molar-refractivity contribution is 7.93. The van der Waals surface area contributed by atoms with E-state index in [0.717, 1.165) is 31.8 Å². The third-order valence-electron chi connectivity index (χ3n) is 7.19. The molecule has 1 aromatic rings. The number of aliphatic hydroxyl groups excluding tert-OH is 2. The normalized spacial score (nSPS) is 22.9. The van der Waals surface area contributed by atoms with Crippen molar-refractivity contribution in [1.29, 1.82) is 0 Å². The quantitative estimate of drug-likeness (QED) is 0.238. The minimum absolute atomic E-state index is 0.0108. The number of hydrogen-bond acceptors (Lipinski definition) is 7. The van der Waals surface area contributed by atoms with E-state index in [4.69, 9.17) is 9.47 Å². The van der Waals surface area contributed by atoms with E-state index in [-0.39, 0.29) is 18.5 Å². The molecule has 4 N–H and O–H groups in total. The molecule has 0 bridgehead atoms. The average molecular weight is 558 g/mol. The van der Waals surface area contributed by atoms with Crippen LogP contribution in [0.3, 0.4) is 0 Å². The van der Waals surface area contributed by atoms with Crippen molar-refractivity contribution >= 4 is 21.7 Å². The number of anilines is 1. The molecule has 3 atom stereocenters. The number of aryl methyl sites for hydroxylation is 1. The molecule has 3 rings (SSSR count). The number of nitrogens with one attached hydrogen (secondary N) is 1. The number of carbonyl (C=O) groups is 1. The first-order chi connectivity index (χ1) is 18.1. The Labute approximate surface area is 224 Å². The van der Waals surface area contributed by atoms with Crippen LogP contribution in [-0.4, -0.2) is 66.2 Å². The minimum atomic E-state index is -4.23. The number of aliphatic hydroxyl groups is 2. The van der Waals surface area contributed by atoms with Crippen molar-refractivity contribution < 1.29 is 42.4 Å². The van der Waals surface area contributed by atoms with Gasteiger partial charge in [0.05, 0.1) is 24.5 Å². The zero-order valence-corrected chi connectivity index (χ0v) is 22.7. The Hall–Kier alpha value is -2.05. The molecular weight excluding hydrogens is 517 g/mol. The number of carboxylic acid groups (broad SMARTS) is 1. The highest BCUT2D eigenvalue weighted by atomic mass is 32.2. The van der Waals surface area contributed by atoms with E-state index in [2.05, 4.69) is 11.6 Å². The SMILES string of the molecule is CCCCCCCCCCc1cc(F)ccc1NS(=O)(=O)C1CCC2(C=C1C(=O)O)O[C@@H](CO)[C@H](CO)O2. The van der Waals surface area contributed by atoms with Crippen LogP contribution >= 0.6 is 0 Å². The number of hydrogen-bond donors (Lipinski definition) is 4. The lowest BCUT2D eigenvalue weighted by Gasteiger charge is -2.33. The molecule has 1 saturated heterocycles. The predicted octanol–water partition coefficient (Wildman–Crippen LogP) is 3.89. The van der Waals surface area contributed by atoms with E-state index >= 15 is 0 Å². The second-order valence-corrected chi connectivity index (χ2v) is 12.0. The van der Waals surface area contributed by atoms with Crippen molar-refractivity contribution in [3.63, 3.8) is 0 Å². The van der Waals surface area contributed by atoms with E-state index in [0.29, 0.717) is 12.0 Å². The molecule has 38 heavy (non-hydrogen) atoms. The van der Waals surface area contributed by atoms with Crippen LogP contribution in [0.25, 0.3) is 0 Å². The van der Waals surface area contributed by atoms with E-state index < -0.39 is 63.8 Å². The third-order valence-corrected chi connectivity index (χ3v) is 8.94. The maximum atomic E-state index is 14.0. The van der Waals surface area contributed by atoms with Gasteiger partial charge >= 0.3 is 5.97 Å². The fourth-order valence-corrected chi connectivity index (χ4v) is 6.72. The zero-order valence-electron chi connectivity index (χ0n) is 21.9. The Balaban J connectivity index is 1.71. The number of aliphatic carboxylic acids is 1. The van der Waals surface area contributed by atoms with Crippen LogP contribution in [0, 0.1) is 5.82 Å². The van der Waals surface area contributed by atoms with Crippen LogP contribution in [0.15, 0.2) is 29.8 Å². The highest BCUT2D eigenvalue weighted by Gasteiger charge is 2.51. The Bertz CT molecular complexity index is 1060. The van der Waals surface area contributed by atoms with Crippen molar-refractivity contribution in [3.8, 4) is 0 Å². The van der Waals surface area contributed by atoms with E-state index in [1.807, 2.05) is 0 Å². The average Bonchev–Trinajstić information content (AvgIpc) is 3.23. The van der Waals surface area contributed by atoms with Crippen molar-refractivity contribution in [2.75, 3.05) is 17.9 Å². The van der Waals surface area contributed by atoms with Gasteiger partial charge in [-0.2, -0.15) is 0 Å². The number of rotatable bonds is 15. The van der Waals surface area contributed by atoms with Gasteiger partial charge in [-0.25, -0.2) is 17.6 Å². The molecule has 1 fully saturated rings. The molecule has 0 radical (unpaired) electrons. The van der Waals surface area contributed by atoms with Crippen LogP contribution in [0.4, 0.5) is 10.1 Å². The first kappa shape index (κ1) is 30.5. The zero-order chi connectivity index (χ0) is 27.8. The Kier molecular flexibility index (Phi) is 11.1. The van der Waals surface area contributed by atoms with Gasteiger partial charge in [-0.05, 0) is 49.1 Å². The van der Waals surface area contributed by atoms with Gasteiger partial charge in [0.25, 0.3) is 0 Å². The number of carboxylic acids is 1. The number of benzene rings is 1. The van der Waals surface area contributed by atoms with Crippen LogP contribution in [-0.2, 0) is 30.7 Å². The summed E-state index contributed by atoms with van der Waals surface area (Å²) in [6.07, 6.45) is 8.55. The molecule has 214 valence electrons. The number of ether oxygens (including phenoxy) is 2. The van der Waals surface area contributed by atoms with Crippen molar-refractivity contribution in [1.82, 2.24) is 0 Å². The lowest BCUT2D eigenvalue weighted by atomic mass is 9.94. The Morgan fingerprint density at radius 1 is 1.05 bits per heavy atom. The van der Waals surface area contributed by atoms with Gasteiger partial charge < -0.3 is 24.8 Å². The summed E-state index contributed by atoms with van der Waals surface area (Å²) in [5, 5.41) is 27.4. The topological polar surface area (TPSA) is 142 Å². The minimum Gasteiger partial charge on any atom is -0.478 e. The number of halogens is 1. The van der Waals surface area contributed by atoms with Gasteiger partial charge in [-0.1, -0.05) is 51.9 Å². The van der Waals surface area contributed by atoms with Crippen molar-refractivity contribution in [3.05, 3.63) is 41.2 Å². The van der Waals surface area contributed by atoms with Gasteiger partial charge in [-0.15, -0.1) is 0 Å². The summed E-state index contributed by atoms with van der Waals surface area (Å²) in [6, 6.07) is 3.85. The molecule has 11 heteroatoms. The Morgan fingerprint density at radius 2 is 1.66 bits per heavy atom. The standard InChI is InChI=1S/C27H40FNO8S/c1-2-3-4-5-6-7-8-9-10-19-15-20(28)11-12-22(19)29-38(34,35)25-13-14-27(16-21(25)26(32)33)36-23(17-30)24(18-31)37-27/h11-12,15-16,23-25,29-31H,2-10,13-14,17-18H2,1H3,(H,32,33)/t23-,24-,25?/m0/s1. The lowest BCUT2D eigenvalue weighted by Crippen LogP contribution is -2.42. The smallest absolute Gasteiger partial charge is 0.332 e. The molecule has 9 nitrogen and oxygen atoms in total. The summed E-state index contributed by atoms with van der Waals surface area (Å²) in [6.45, 7) is 1.28. The van der Waals surface area contributed by atoms with Crippen LogP contribution < -0.4 is 4.72 Å². The molecule has 1 aliphatic carbocycles. The Morgan fingerprint density at radius 3 is 2.24 bits per heavy atom. The van der Waals surface area contributed by atoms with Gasteiger partial charge in [-0.3, -0.25) is 4.72 Å². The van der Waals surface area contributed by atoms with Crippen LogP contribution in [0.1, 0.15) is 76.7 Å². The maximum Gasteiger partial charge on any atom is 0.332 e. The van der Waals surface area contributed by atoms with E-state index in [1.54, 1.807) is 0 Å². The fraction of sp³-hybridized carbons (Fsp3) is 0.667. The number of sulfonamides is 1. The molecular formula is C27H40FNO8S. The van der Waals surface area contributed by atoms with Crippen LogP contribution in [0.5, 0.6) is 0 Å². The second-order valence-electron chi connectivity index (χ2n) is 10.1. The van der Waals surface area contributed by atoms with Crippen LogP contribution in [0.2, 0.25) is 0 Å². The van der Waals surface area contributed by atoms with Gasteiger partial charge in [0.15, 0.2) is 5.79 Å². The summed E-state index contributed by atoms with van der Waals surface area (Å²) < 4.78 is 54.7. The largest absolute Gasteiger partial charge is 0.478 e. The molecule has 1 aromatic carbocycles. The van der Waals surface area contributed by atoms with Crippen molar-refractivity contribution in [2.24, 2.45) is 0 Å². The molecule has 0 amide bonds. The molecule has 1 aliphatic heterocycles. The molecule has 1 spiro atoms. The van der Waals surface area contributed by atoms with E-state index in [9.17, 15) is 32.9 Å². The summed E-state index contributed by atoms with van der Waals surface area (Å²) in [5.41, 5.74) is 0.325. The summed E-state index contributed by atoms with van der Waals surface area (Å²) in [5.74, 6) is -3.46. The number of unbranched alkanes of at least 4 members (excludes halogenated alkanes) is 7. The molecule has 2 aliphatic rings. The predicted molar refractivity (Wildman–Crippen MR) is 141 cm³/mol. The molecule has 0 aromatic heterocycles. The first-order valence-electron chi connectivity index (χ1n) is 13.5. The summed E-state index contributed by atoms with van der Waals surface area (Å²) >= 11 is 0. The maximum absolute atomic E-state index is 14.0. The van der Waals surface area contributed by atoms with Gasteiger partial charge in [0, 0.05) is 6.42 Å². The molecule has 1 heterocycles.